The molecule has 2 nitrogen and oxygen atoms in total. The maximum absolute atomic E-state index is 9.14. The minimum Gasteiger partial charge on any atom is -0.508 e. The molecule has 0 aromatic heterocycles. The number of phenolic OH excluding ortho intramolecular Hbond substituents is 1. The van der Waals surface area contributed by atoms with Crippen LogP contribution in [0.15, 0.2) is 16.6 Å². The summed E-state index contributed by atoms with van der Waals surface area (Å²) in [4.78, 5) is 0. The maximum Gasteiger partial charge on any atom is 0.119 e. The molecule has 0 unspecified atom stereocenters. The van der Waals surface area contributed by atoms with Gasteiger partial charge in [-0.2, -0.15) is 0 Å². The van der Waals surface area contributed by atoms with E-state index >= 15 is 0 Å². The van der Waals surface area contributed by atoms with Crippen LogP contribution in [-0.2, 0) is 0 Å². The summed E-state index contributed by atoms with van der Waals surface area (Å²) in [6.45, 7) is 1.80. The summed E-state index contributed by atoms with van der Waals surface area (Å²) in [5.74, 6) is 0.265. The van der Waals surface area contributed by atoms with Crippen LogP contribution in [0.25, 0.3) is 0 Å². The highest BCUT2D eigenvalue weighted by molar-refractivity contribution is 9.10. The molecular weight excluding hydrogens is 194 g/mol. The Hall–Kier alpha value is -0.700. The summed E-state index contributed by atoms with van der Waals surface area (Å²) in [5.41, 5.74) is 6.97. The molecule has 1 aromatic rings. The van der Waals surface area contributed by atoms with Crippen LogP contribution in [0, 0.1) is 6.92 Å². The van der Waals surface area contributed by atoms with Crippen LogP contribution in [0.5, 0.6) is 5.75 Å². The SMILES string of the molecule is Cc1cc(N)c(Br)cc1O. The number of rotatable bonds is 0. The third kappa shape index (κ3) is 1.24. The van der Waals surface area contributed by atoms with Crippen LogP contribution in [0.2, 0.25) is 0 Å². The van der Waals surface area contributed by atoms with E-state index in [-0.39, 0.29) is 5.75 Å². The molecule has 1 rings (SSSR count). The average Bonchev–Trinajstić information content (AvgIpc) is 1.84. The van der Waals surface area contributed by atoms with Crippen molar-refractivity contribution in [2.45, 2.75) is 6.92 Å². The van der Waals surface area contributed by atoms with E-state index in [1.54, 1.807) is 19.1 Å². The molecule has 0 saturated heterocycles. The second kappa shape index (κ2) is 2.50. The number of nitrogen functional groups attached to an aromatic ring is 1. The Balaban J connectivity index is 3.28. The van der Waals surface area contributed by atoms with Gasteiger partial charge in [0.2, 0.25) is 0 Å². The number of aromatic hydroxyl groups is 1. The van der Waals surface area contributed by atoms with E-state index in [0.29, 0.717) is 5.69 Å². The van der Waals surface area contributed by atoms with Crippen molar-refractivity contribution in [1.29, 1.82) is 0 Å². The van der Waals surface area contributed by atoms with Gasteiger partial charge in [-0.25, -0.2) is 0 Å². The predicted octanol–water partition coefficient (Wildman–Crippen LogP) is 2.05. The van der Waals surface area contributed by atoms with Crippen molar-refractivity contribution >= 4 is 21.6 Å². The van der Waals surface area contributed by atoms with E-state index in [1.165, 1.54) is 0 Å². The fourth-order valence-corrected chi connectivity index (χ4v) is 1.02. The van der Waals surface area contributed by atoms with Gasteiger partial charge in [0.15, 0.2) is 0 Å². The van der Waals surface area contributed by atoms with Crippen LogP contribution in [0.3, 0.4) is 0 Å². The summed E-state index contributed by atoms with van der Waals surface area (Å²) in [5, 5.41) is 9.14. The van der Waals surface area contributed by atoms with Crippen molar-refractivity contribution in [2.75, 3.05) is 5.73 Å². The topological polar surface area (TPSA) is 46.2 Å². The maximum atomic E-state index is 9.14. The van der Waals surface area contributed by atoms with E-state index in [1.807, 2.05) is 0 Å². The van der Waals surface area contributed by atoms with Crippen molar-refractivity contribution in [2.24, 2.45) is 0 Å². The van der Waals surface area contributed by atoms with Crippen molar-refractivity contribution in [3.63, 3.8) is 0 Å². The van der Waals surface area contributed by atoms with Crippen molar-refractivity contribution in [3.05, 3.63) is 22.2 Å². The molecule has 3 N–H and O–H groups in total. The monoisotopic (exact) mass is 201 g/mol. The number of phenols is 1. The molecule has 0 bridgehead atoms. The summed E-state index contributed by atoms with van der Waals surface area (Å²) in [7, 11) is 0. The Morgan fingerprint density at radius 2 is 2.10 bits per heavy atom. The first-order valence-electron chi connectivity index (χ1n) is 2.86. The van der Waals surface area contributed by atoms with Gasteiger partial charge in [0.25, 0.3) is 0 Å². The van der Waals surface area contributed by atoms with E-state index in [4.69, 9.17) is 10.8 Å². The lowest BCUT2D eigenvalue weighted by atomic mass is 10.2. The van der Waals surface area contributed by atoms with Crippen molar-refractivity contribution in [1.82, 2.24) is 0 Å². The molecule has 0 aliphatic carbocycles. The molecule has 0 heterocycles. The summed E-state index contributed by atoms with van der Waals surface area (Å²) in [6, 6.07) is 3.31. The number of nitrogens with two attached hydrogens (primary N) is 1. The van der Waals surface area contributed by atoms with Gasteiger partial charge in [0.1, 0.15) is 5.75 Å². The first-order chi connectivity index (χ1) is 4.61. The summed E-state index contributed by atoms with van der Waals surface area (Å²) < 4.78 is 0.732. The molecule has 0 saturated carbocycles. The predicted molar refractivity (Wildman–Crippen MR) is 45.0 cm³/mol. The van der Waals surface area contributed by atoms with Gasteiger partial charge in [-0.1, -0.05) is 0 Å². The molecule has 1 aromatic carbocycles. The fraction of sp³-hybridized carbons (Fsp3) is 0.143. The number of halogens is 1. The van der Waals surface area contributed by atoms with E-state index in [9.17, 15) is 0 Å². The van der Waals surface area contributed by atoms with Gasteiger partial charge >= 0.3 is 0 Å². The highest BCUT2D eigenvalue weighted by Crippen LogP contribution is 2.27. The number of benzene rings is 1. The molecule has 0 radical (unpaired) electrons. The number of aryl methyl sites for hydroxylation is 1. The number of anilines is 1. The zero-order valence-electron chi connectivity index (χ0n) is 5.56. The summed E-state index contributed by atoms with van der Waals surface area (Å²) >= 11 is 3.20. The zero-order valence-corrected chi connectivity index (χ0v) is 7.14. The van der Waals surface area contributed by atoms with Crippen LogP contribution in [0.4, 0.5) is 5.69 Å². The Kier molecular flexibility index (Phi) is 1.85. The number of hydrogen-bond acceptors (Lipinski definition) is 2. The molecule has 10 heavy (non-hydrogen) atoms. The third-order valence-electron chi connectivity index (χ3n) is 1.32. The second-order valence-corrected chi connectivity index (χ2v) is 3.01. The largest absolute Gasteiger partial charge is 0.508 e. The minimum atomic E-state index is 0.265. The molecule has 54 valence electrons. The van der Waals surface area contributed by atoms with Crippen LogP contribution in [-0.4, -0.2) is 5.11 Å². The van der Waals surface area contributed by atoms with E-state index in [0.717, 1.165) is 10.0 Å². The highest BCUT2D eigenvalue weighted by atomic mass is 79.9. The molecule has 0 aliphatic heterocycles. The lowest BCUT2D eigenvalue weighted by Gasteiger charge is -2.01. The first kappa shape index (κ1) is 7.41. The zero-order chi connectivity index (χ0) is 7.72. The van der Waals surface area contributed by atoms with Crippen LogP contribution in [0.1, 0.15) is 5.56 Å². The third-order valence-corrected chi connectivity index (χ3v) is 2.00. The van der Waals surface area contributed by atoms with Gasteiger partial charge in [0.05, 0.1) is 0 Å². The molecule has 0 atom stereocenters. The quantitative estimate of drug-likeness (QED) is 0.499. The van der Waals surface area contributed by atoms with Gasteiger partial charge < -0.3 is 10.8 Å². The molecule has 3 heteroatoms. The molecular formula is C7H8BrNO. The smallest absolute Gasteiger partial charge is 0.119 e. The first-order valence-corrected chi connectivity index (χ1v) is 3.65. The lowest BCUT2D eigenvalue weighted by Crippen LogP contribution is -1.87. The Morgan fingerprint density at radius 1 is 1.50 bits per heavy atom. The standard InChI is InChI=1S/C7H8BrNO/c1-4-2-6(9)5(8)3-7(4)10/h2-3,10H,9H2,1H3. The average molecular weight is 202 g/mol. The van der Waals surface area contributed by atoms with Crippen LogP contribution < -0.4 is 5.73 Å². The van der Waals surface area contributed by atoms with Crippen LogP contribution >= 0.6 is 15.9 Å². The Labute approximate surface area is 67.8 Å². The summed E-state index contributed by atoms with van der Waals surface area (Å²) in [6.07, 6.45) is 0. The fourth-order valence-electron chi connectivity index (χ4n) is 0.693. The van der Waals surface area contributed by atoms with Gasteiger partial charge in [-0.3, -0.25) is 0 Å². The van der Waals surface area contributed by atoms with Gasteiger partial charge in [-0.05, 0) is 40.5 Å². The second-order valence-electron chi connectivity index (χ2n) is 2.16. The van der Waals surface area contributed by atoms with Crippen molar-refractivity contribution in [3.8, 4) is 5.75 Å². The molecule has 0 fully saturated rings. The Morgan fingerprint density at radius 3 is 2.60 bits per heavy atom. The molecule has 0 aliphatic rings. The van der Waals surface area contributed by atoms with Gasteiger partial charge in [-0.15, -0.1) is 0 Å². The number of hydrogen-bond donors (Lipinski definition) is 2. The van der Waals surface area contributed by atoms with Gasteiger partial charge in [0, 0.05) is 10.2 Å². The minimum absolute atomic E-state index is 0.265. The van der Waals surface area contributed by atoms with Crippen molar-refractivity contribution < 1.29 is 5.11 Å². The molecule has 0 amide bonds. The van der Waals surface area contributed by atoms with E-state index < -0.39 is 0 Å². The van der Waals surface area contributed by atoms with E-state index in [2.05, 4.69) is 15.9 Å². The molecule has 0 spiro atoms. The Bertz CT molecular complexity index is 210. The highest BCUT2D eigenvalue weighted by Gasteiger charge is 1.99. The normalized spacial score (nSPS) is 9.80. The lowest BCUT2D eigenvalue weighted by molar-refractivity contribution is 0.471.